The van der Waals surface area contributed by atoms with Crippen molar-refractivity contribution in [1.82, 2.24) is 10.2 Å². The van der Waals surface area contributed by atoms with Gasteiger partial charge >= 0.3 is 0 Å². The van der Waals surface area contributed by atoms with E-state index < -0.39 is 0 Å². The van der Waals surface area contributed by atoms with Gasteiger partial charge in [0.05, 0.1) is 10.0 Å². The summed E-state index contributed by atoms with van der Waals surface area (Å²) in [6, 6.07) is 12.8. The standard InChI is InChI=1S/C17H9Cl3N2O2S/c18-9-5-6-12(11(19)7-9)23-8-14-21-22-17(24-14)16-15(20)10-3-1-2-4-13(10)25-16/h1-7H,8H2. The summed E-state index contributed by atoms with van der Waals surface area (Å²) in [5.74, 6) is 1.19. The van der Waals surface area contributed by atoms with Crippen molar-refractivity contribution in [1.29, 1.82) is 0 Å². The topological polar surface area (TPSA) is 48.2 Å². The lowest BCUT2D eigenvalue weighted by atomic mass is 10.2. The minimum atomic E-state index is 0.0941. The number of thiophene rings is 1. The molecular formula is C17H9Cl3N2O2S. The third kappa shape index (κ3) is 3.33. The fourth-order valence-corrected chi connectivity index (χ4v) is 4.18. The van der Waals surface area contributed by atoms with Crippen molar-refractivity contribution in [3.8, 4) is 16.5 Å². The van der Waals surface area contributed by atoms with Gasteiger partial charge in [0.15, 0.2) is 6.61 Å². The minimum absolute atomic E-state index is 0.0941. The Morgan fingerprint density at radius 2 is 1.88 bits per heavy atom. The summed E-state index contributed by atoms with van der Waals surface area (Å²) in [7, 11) is 0. The van der Waals surface area contributed by atoms with Gasteiger partial charge in [0.1, 0.15) is 10.6 Å². The van der Waals surface area contributed by atoms with Crippen molar-refractivity contribution in [3.63, 3.8) is 0 Å². The van der Waals surface area contributed by atoms with Gasteiger partial charge in [-0.1, -0.05) is 53.0 Å². The Morgan fingerprint density at radius 1 is 1.04 bits per heavy atom. The van der Waals surface area contributed by atoms with Gasteiger partial charge in [-0.2, -0.15) is 0 Å². The Hall–Kier alpha value is -1.79. The van der Waals surface area contributed by atoms with Crippen LogP contribution in [-0.2, 0) is 6.61 Å². The van der Waals surface area contributed by atoms with Gasteiger partial charge in [-0.25, -0.2) is 0 Å². The maximum atomic E-state index is 6.43. The Kier molecular flexibility index (Phi) is 4.56. The maximum Gasteiger partial charge on any atom is 0.259 e. The molecule has 0 amide bonds. The van der Waals surface area contributed by atoms with Gasteiger partial charge in [0.25, 0.3) is 11.8 Å². The highest BCUT2D eigenvalue weighted by molar-refractivity contribution is 7.23. The van der Waals surface area contributed by atoms with E-state index in [2.05, 4.69) is 10.2 Å². The normalized spacial score (nSPS) is 11.2. The molecule has 2 aromatic heterocycles. The molecule has 0 fully saturated rings. The van der Waals surface area contributed by atoms with E-state index in [9.17, 15) is 0 Å². The van der Waals surface area contributed by atoms with Crippen molar-refractivity contribution in [2.24, 2.45) is 0 Å². The monoisotopic (exact) mass is 410 g/mol. The van der Waals surface area contributed by atoms with Gasteiger partial charge in [-0.15, -0.1) is 21.5 Å². The molecule has 126 valence electrons. The van der Waals surface area contributed by atoms with E-state index >= 15 is 0 Å². The van der Waals surface area contributed by atoms with E-state index in [1.165, 1.54) is 11.3 Å². The molecule has 0 aliphatic rings. The Bertz CT molecular complexity index is 1060. The van der Waals surface area contributed by atoms with Crippen molar-refractivity contribution in [2.75, 3.05) is 0 Å². The number of hydrogen-bond acceptors (Lipinski definition) is 5. The molecule has 0 spiro atoms. The summed E-state index contributed by atoms with van der Waals surface area (Å²) in [6.07, 6.45) is 0. The van der Waals surface area contributed by atoms with E-state index in [4.69, 9.17) is 44.0 Å². The maximum absolute atomic E-state index is 6.43. The zero-order chi connectivity index (χ0) is 17.4. The molecule has 25 heavy (non-hydrogen) atoms. The lowest BCUT2D eigenvalue weighted by Crippen LogP contribution is -1.96. The summed E-state index contributed by atoms with van der Waals surface area (Å²) in [5, 5.41) is 10.6. The van der Waals surface area contributed by atoms with Crippen LogP contribution in [0.5, 0.6) is 5.75 Å². The second-order valence-corrected chi connectivity index (χ2v) is 7.38. The third-order valence-electron chi connectivity index (χ3n) is 3.44. The van der Waals surface area contributed by atoms with E-state index in [0.717, 1.165) is 15.0 Å². The Morgan fingerprint density at radius 3 is 2.68 bits per heavy atom. The predicted molar refractivity (Wildman–Crippen MR) is 101 cm³/mol. The molecule has 0 atom stereocenters. The van der Waals surface area contributed by atoms with E-state index in [1.54, 1.807) is 18.2 Å². The molecule has 2 heterocycles. The molecule has 0 saturated heterocycles. The lowest BCUT2D eigenvalue weighted by molar-refractivity contribution is 0.265. The first kappa shape index (κ1) is 16.7. The number of aromatic nitrogens is 2. The molecule has 0 saturated carbocycles. The smallest absolute Gasteiger partial charge is 0.259 e. The molecule has 0 radical (unpaired) electrons. The van der Waals surface area contributed by atoms with Gasteiger partial charge < -0.3 is 9.15 Å². The van der Waals surface area contributed by atoms with Gasteiger partial charge in [0, 0.05) is 15.1 Å². The van der Waals surface area contributed by atoms with Gasteiger partial charge in [0.2, 0.25) is 0 Å². The molecule has 4 rings (SSSR count). The molecule has 8 heteroatoms. The second kappa shape index (κ2) is 6.84. The highest BCUT2D eigenvalue weighted by atomic mass is 35.5. The van der Waals surface area contributed by atoms with Crippen LogP contribution in [0.25, 0.3) is 20.9 Å². The summed E-state index contributed by atoms with van der Waals surface area (Å²) >= 11 is 19.9. The molecule has 0 aliphatic carbocycles. The number of halogens is 3. The van der Waals surface area contributed by atoms with Crippen molar-refractivity contribution < 1.29 is 9.15 Å². The molecule has 4 aromatic rings. The van der Waals surface area contributed by atoms with Crippen LogP contribution in [0.2, 0.25) is 15.1 Å². The summed E-state index contributed by atoms with van der Waals surface area (Å²) in [5.41, 5.74) is 0. The van der Waals surface area contributed by atoms with Crippen LogP contribution < -0.4 is 4.74 Å². The first-order valence-electron chi connectivity index (χ1n) is 7.19. The largest absolute Gasteiger partial charge is 0.482 e. The quantitative estimate of drug-likeness (QED) is 0.385. The zero-order valence-electron chi connectivity index (χ0n) is 12.5. The van der Waals surface area contributed by atoms with Crippen LogP contribution in [0.15, 0.2) is 46.9 Å². The van der Waals surface area contributed by atoms with E-state index in [0.29, 0.717) is 32.6 Å². The average molecular weight is 412 g/mol. The van der Waals surface area contributed by atoms with Crippen molar-refractivity contribution in [3.05, 3.63) is 63.4 Å². The summed E-state index contributed by atoms with van der Waals surface area (Å²) < 4.78 is 12.3. The van der Waals surface area contributed by atoms with Crippen molar-refractivity contribution in [2.45, 2.75) is 6.61 Å². The Balaban J connectivity index is 1.56. The van der Waals surface area contributed by atoms with Crippen LogP contribution in [0, 0.1) is 0 Å². The van der Waals surface area contributed by atoms with E-state index in [1.807, 2.05) is 24.3 Å². The number of benzene rings is 2. The van der Waals surface area contributed by atoms with Crippen molar-refractivity contribution >= 4 is 56.2 Å². The summed E-state index contributed by atoms with van der Waals surface area (Å²) in [4.78, 5) is 0.742. The van der Waals surface area contributed by atoms with Crippen LogP contribution in [-0.4, -0.2) is 10.2 Å². The van der Waals surface area contributed by atoms with Crippen LogP contribution in [0.1, 0.15) is 5.89 Å². The summed E-state index contributed by atoms with van der Waals surface area (Å²) in [6.45, 7) is 0.0941. The SMILES string of the molecule is Clc1ccc(OCc2nnc(-c3sc4ccccc4c3Cl)o2)c(Cl)c1. The van der Waals surface area contributed by atoms with Crippen LogP contribution >= 0.6 is 46.1 Å². The first-order valence-corrected chi connectivity index (χ1v) is 9.14. The average Bonchev–Trinajstić information content (AvgIpc) is 3.19. The number of rotatable bonds is 4. The zero-order valence-corrected chi connectivity index (χ0v) is 15.6. The fraction of sp³-hybridized carbons (Fsp3) is 0.0588. The number of fused-ring (bicyclic) bond motifs is 1. The molecule has 0 aliphatic heterocycles. The highest BCUT2D eigenvalue weighted by Gasteiger charge is 2.18. The minimum Gasteiger partial charge on any atom is -0.482 e. The lowest BCUT2D eigenvalue weighted by Gasteiger charge is -2.05. The van der Waals surface area contributed by atoms with Crippen LogP contribution in [0.3, 0.4) is 0 Å². The van der Waals surface area contributed by atoms with Gasteiger partial charge in [-0.3, -0.25) is 0 Å². The second-order valence-electron chi connectivity index (χ2n) is 5.11. The van der Waals surface area contributed by atoms with Crippen LogP contribution in [0.4, 0.5) is 0 Å². The highest BCUT2D eigenvalue weighted by Crippen LogP contribution is 2.41. The molecule has 0 N–H and O–H groups in total. The predicted octanol–water partition coefficient (Wildman–Crippen LogP) is 6.49. The molecular weight excluding hydrogens is 403 g/mol. The number of nitrogens with zero attached hydrogens (tertiary/aromatic N) is 2. The number of ether oxygens (including phenoxy) is 1. The molecule has 4 nitrogen and oxygen atoms in total. The molecule has 2 aromatic carbocycles. The fourth-order valence-electron chi connectivity index (χ4n) is 2.29. The molecule has 0 unspecified atom stereocenters. The van der Waals surface area contributed by atoms with Gasteiger partial charge in [-0.05, 0) is 24.3 Å². The Labute approximate surface area is 161 Å². The third-order valence-corrected chi connectivity index (χ3v) is 5.63. The number of hydrogen-bond donors (Lipinski definition) is 0. The molecule has 0 bridgehead atoms. The first-order chi connectivity index (χ1) is 12.1. The van der Waals surface area contributed by atoms with E-state index in [-0.39, 0.29) is 6.61 Å².